The lowest BCUT2D eigenvalue weighted by Gasteiger charge is -2.47. The van der Waals surface area contributed by atoms with E-state index in [1.165, 1.54) is 43.2 Å². The summed E-state index contributed by atoms with van der Waals surface area (Å²) in [5, 5.41) is 2.12. The zero-order chi connectivity index (χ0) is 19.4. The Morgan fingerprint density at radius 1 is 1.10 bits per heavy atom. The topological polar surface area (TPSA) is 37.0 Å². The minimum Gasteiger partial charge on any atom is -0.462 e. The molecule has 0 bridgehead atoms. The van der Waals surface area contributed by atoms with Gasteiger partial charge in [0.2, 0.25) is 5.79 Å². The first-order chi connectivity index (χ1) is 14.2. The third-order valence-corrected chi connectivity index (χ3v) is 7.95. The van der Waals surface area contributed by atoms with Gasteiger partial charge in [-0.1, -0.05) is 12.5 Å². The van der Waals surface area contributed by atoms with Crippen LogP contribution in [-0.2, 0) is 11.3 Å². The fraction of sp³-hybridized carbons (Fsp3) is 0.667. The smallest absolute Gasteiger partial charge is 0.213 e. The highest BCUT2D eigenvalue weighted by Crippen LogP contribution is 2.43. The quantitative estimate of drug-likeness (QED) is 0.822. The number of nitrogens with zero attached hydrogens (tertiary/aromatic N) is 2. The number of ether oxygens (including phenoxy) is 2. The van der Waals surface area contributed by atoms with E-state index in [0.717, 1.165) is 44.1 Å². The van der Waals surface area contributed by atoms with E-state index in [9.17, 15) is 0 Å². The van der Waals surface area contributed by atoms with Gasteiger partial charge >= 0.3 is 0 Å². The minimum absolute atomic E-state index is 0.391. The lowest BCUT2D eigenvalue weighted by atomic mass is 9.79. The van der Waals surface area contributed by atoms with Crippen molar-refractivity contribution in [2.75, 3.05) is 20.1 Å². The maximum Gasteiger partial charge on any atom is 0.213 e. The van der Waals surface area contributed by atoms with E-state index in [1.807, 2.05) is 0 Å². The van der Waals surface area contributed by atoms with Crippen LogP contribution in [0.2, 0.25) is 0 Å². The van der Waals surface area contributed by atoms with Crippen molar-refractivity contribution in [2.24, 2.45) is 0 Å². The van der Waals surface area contributed by atoms with E-state index < -0.39 is 5.79 Å². The molecule has 1 saturated heterocycles. The second-order valence-corrected chi connectivity index (χ2v) is 9.76. The molecule has 5 heteroatoms. The van der Waals surface area contributed by atoms with E-state index in [0.29, 0.717) is 18.6 Å². The third-order valence-electron chi connectivity index (χ3n) is 7.95. The number of hydrogen-bond acceptors (Lipinski definition) is 5. The van der Waals surface area contributed by atoms with E-state index in [-0.39, 0.29) is 0 Å². The van der Waals surface area contributed by atoms with Gasteiger partial charge in [-0.3, -0.25) is 4.90 Å². The van der Waals surface area contributed by atoms with Crippen LogP contribution in [0.3, 0.4) is 0 Å². The Bertz CT molecular complexity index is 810. The van der Waals surface area contributed by atoms with Crippen LogP contribution in [0.5, 0.6) is 5.75 Å². The molecule has 2 aliphatic carbocycles. The Kier molecular flexibility index (Phi) is 4.40. The maximum atomic E-state index is 6.49. The number of nitrogens with one attached hydrogen (secondary N) is 1. The number of benzene rings is 1. The molecule has 156 valence electrons. The first-order valence-corrected chi connectivity index (χ1v) is 11.6. The van der Waals surface area contributed by atoms with Crippen LogP contribution in [-0.4, -0.2) is 47.9 Å². The van der Waals surface area contributed by atoms with Crippen LogP contribution in [0.15, 0.2) is 30.0 Å². The second kappa shape index (κ2) is 7.00. The average Bonchev–Trinajstić information content (AvgIpc) is 3.07. The highest BCUT2D eigenvalue weighted by atomic mass is 16.7. The van der Waals surface area contributed by atoms with Gasteiger partial charge in [0.05, 0.1) is 6.61 Å². The maximum absolute atomic E-state index is 6.49. The Morgan fingerprint density at radius 2 is 1.97 bits per heavy atom. The standard InChI is InChI=1S/C24H33N3O2/c1-26-15-19-13-17(5-7-22(19)25-26)18-6-8-23-20(14-18)16-28-24(29-23)9-11-27(12-10-24)21-3-2-4-21/h6,8,14-15,17,21-22,25H,2-5,7,9-13,16H2,1H3. The molecule has 2 atom stereocenters. The highest BCUT2D eigenvalue weighted by Gasteiger charge is 2.43. The first kappa shape index (κ1) is 18.2. The number of rotatable bonds is 2. The van der Waals surface area contributed by atoms with Crippen molar-refractivity contribution in [1.29, 1.82) is 0 Å². The largest absolute Gasteiger partial charge is 0.462 e. The second-order valence-electron chi connectivity index (χ2n) is 9.76. The Hall–Kier alpha value is -1.56. The SMILES string of the molecule is CN1C=C2CC(c3ccc4c(c3)COC3(CCN(C5CCC5)CC3)O4)CCC2N1. The Labute approximate surface area is 174 Å². The monoisotopic (exact) mass is 395 g/mol. The summed E-state index contributed by atoms with van der Waals surface area (Å²) < 4.78 is 12.9. The van der Waals surface area contributed by atoms with Crippen LogP contribution in [0.1, 0.15) is 68.4 Å². The molecule has 3 fully saturated rings. The number of hydrogen-bond donors (Lipinski definition) is 1. The number of fused-ring (bicyclic) bond motifs is 2. The summed E-state index contributed by atoms with van der Waals surface area (Å²) in [4.78, 5) is 2.65. The van der Waals surface area contributed by atoms with Crippen LogP contribution in [0.4, 0.5) is 0 Å². The summed E-state index contributed by atoms with van der Waals surface area (Å²) in [6, 6.07) is 8.24. The zero-order valence-electron chi connectivity index (χ0n) is 17.5. The molecule has 1 aromatic rings. The van der Waals surface area contributed by atoms with E-state index >= 15 is 0 Å². The summed E-state index contributed by atoms with van der Waals surface area (Å²) in [6.07, 6.45) is 12.0. The number of hydrazine groups is 1. The van der Waals surface area contributed by atoms with Crippen molar-refractivity contribution < 1.29 is 9.47 Å². The van der Waals surface area contributed by atoms with Crippen LogP contribution >= 0.6 is 0 Å². The average molecular weight is 396 g/mol. The van der Waals surface area contributed by atoms with Crippen molar-refractivity contribution in [3.63, 3.8) is 0 Å². The molecule has 3 aliphatic heterocycles. The predicted octanol–water partition coefficient (Wildman–Crippen LogP) is 3.91. The van der Waals surface area contributed by atoms with Gasteiger partial charge in [0, 0.05) is 56.8 Å². The molecule has 2 unspecified atom stereocenters. The molecular weight excluding hydrogens is 362 g/mol. The molecule has 1 aromatic carbocycles. The van der Waals surface area contributed by atoms with Crippen molar-refractivity contribution in [1.82, 2.24) is 15.3 Å². The van der Waals surface area contributed by atoms with E-state index in [4.69, 9.17) is 9.47 Å². The van der Waals surface area contributed by atoms with Gasteiger partial charge in [-0.2, -0.15) is 0 Å². The van der Waals surface area contributed by atoms with Crippen molar-refractivity contribution in [2.45, 2.75) is 81.8 Å². The molecule has 0 radical (unpaired) electrons. The van der Waals surface area contributed by atoms with Crippen LogP contribution < -0.4 is 10.2 Å². The lowest BCUT2D eigenvalue weighted by Crippen LogP contribution is -2.54. The molecule has 0 aromatic heterocycles. The fourth-order valence-corrected chi connectivity index (χ4v) is 5.92. The molecule has 5 aliphatic rings. The summed E-state index contributed by atoms with van der Waals surface area (Å²) in [6.45, 7) is 2.91. The van der Waals surface area contributed by atoms with Crippen molar-refractivity contribution >= 4 is 0 Å². The van der Waals surface area contributed by atoms with Gasteiger partial charge < -0.3 is 14.5 Å². The molecule has 1 N–H and O–H groups in total. The van der Waals surface area contributed by atoms with Crippen molar-refractivity contribution in [3.8, 4) is 5.75 Å². The normalized spacial score (nSPS) is 31.6. The fourth-order valence-electron chi connectivity index (χ4n) is 5.92. The Balaban J connectivity index is 1.14. The number of likely N-dealkylation sites (tertiary alicyclic amines) is 1. The lowest BCUT2D eigenvalue weighted by molar-refractivity contribution is -0.231. The van der Waals surface area contributed by atoms with Gasteiger partial charge in [-0.25, -0.2) is 5.43 Å². The molecule has 2 saturated carbocycles. The number of piperidine rings is 1. The highest BCUT2D eigenvalue weighted by molar-refractivity contribution is 5.40. The summed E-state index contributed by atoms with van der Waals surface area (Å²) >= 11 is 0. The summed E-state index contributed by atoms with van der Waals surface area (Å²) in [5.41, 5.74) is 7.75. The molecule has 0 amide bonds. The van der Waals surface area contributed by atoms with Crippen molar-refractivity contribution in [3.05, 3.63) is 41.1 Å². The van der Waals surface area contributed by atoms with Gasteiger partial charge in [0.25, 0.3) is 0 Å². The molecule has 3 heterocycles. The molecule has 1 spiro atoms. The van der Waals surface area contributed by atoms with Gasteiger partial charge in [0.15, 0.2) is 0 Å². The molecule has 5 nitrogen and oxygen atoms in total. The molecule has 29 heavy (non-hydrogen) atoms. The Morgan fingerprint density at radius 3 is 2.76 bits per heavy atom. The van der Waals surface area contributed by atoms with Gasteiger partial charge in [0.1, 0.15) is 5.75 Å². The minimum atomic E-state index is -0.391. The first-order valence-electron chi connectivity index (χ1n) is 11.6. The van der Waals surface area contributed by atoms with Gasteiger partial charge in [-0.15, -0.1) is 0 Å². The summed E-state index contributed by atoms with van der Waals surface area (Å²) in [5.74, 6) is 1.27. The third kappa shape index (κ3) is 3.28. The summed E-state index contributed by atoms with van der Waals surface area (Å²) in [7, 11) is 2.10. The van der Waals surface area contributed by atoms with Gasteiger partial charge in [-0.05, 0) is 61.3 Å². The van der Waals surface area contributed by atoms with E-state index in [1.54, 1.807) is 5.57 Å². The zero-order valence-corrected chi connectivity index (χ0v) is 17.5. The van der Waals surface area contributed by atoms with E-state index in [2.05, 4.69) is 46.8 Å². The predicted molar refractivity (Wildman–Crippen MR) is 112 cm³/mol. The molecule has 6 rings (SSSR count). The van der Waals surface area contributed by atoms with Crippen LogP contribution in [0, 0.1) is 0 Å². The molecular formula is C24H33N3O2. The van der Waals surface area contributed by atoms with Crippen LogP contribution in [0.25, 0.3) is 0 Å².